The minimum Gasteiger partial charge on any atom is -0.461 e. The topological polar surface area (TPSA) is 30.2 Å². The maximum atomic E-state index is 11.7. The van der Waals surface area contributed by atoms with Crippen molar-refractivity contribution < 1.29 is 9.21 Å². The van der Waals surface area contributed by atoms with E-state index in [0.717, 1.165) is 4.47 Å². The highest BCUT2D eigenvalue weighted by molar-refractivity contribution is 9.10. The molecule has 2 nitrogen and oxygen atoms in total. The van der Waals surface area contributed by atoms with Gasteiger partial charge < -0.3 is 4.42 Å². The maximum Gasteiger partial charge on any atom is 0.230 e. The molecule has 2 rings (SSSR count). The molecule has 0 N–H and O–H groups in total. The Morgan fingerprint density at radius 1 is 1.46 bits per heavy atom. The summed E-state index contributed by atoms with van der Waals surface area (Å²) in [7, 11) is 0. The van der Waals surface area contributed by atoms with E-state index >= 15 is 0 Å². The van der Waals surface area contributed by atoms with E-state index in [1.807, 2.05) is 5.38 Å². The van der Waals surface area contributed by atoms with E-state index in [1.165, 1.54) is 17.6 Å². The van der Waals surface area contributed by atoms with Crippen molar-refractivity contribution in [1.29, 1.82) is 0 Å². The lowest BCUT2D eigenvalue weighted by Gasteiger charge is -1.93. The van der Waals surface area contributed by atoms with Gasteiger partial charge in [0.1, 0.15) is 0 Å². The maximum absolute atomic E-state index is 11.7. The smallest absolute Gasteiger partial charge is 0.230 e. The lowest BCUT2D eigenvalue weighted by atomic mass is 10.2. The molecule has 0 saturated heterocycles. The number of rotatable bonds is 2. The molecule has 0 radical (unpaired) electrons. The largest absolute Gasteiger partial charge is 0.461 e. The fourth-order valence-corrected chi connectivity index (χ4v) is 2.44. The molecule has 0 aromatic carbocycles. The van der Waals surface area contributed by atoms with Crippen molar-refractivity contribution in [2.75, 3.05) is 0 Å². The Kier molecular flexibility index (Phi) is 2.33. The lowest BCUT2D eigenvalue weighted by Crippen LogP contribution is -1.97. The molecule has 13 heavy (non-hydrogen) atoms. The van der Waals surface area contributed by atoms with Crippen LogP contribution in [0.25, 0.3) is 0 Å². The molecule has 0 aliphatic carbocycles. The first-order valence-corrected chi connectivity index (χ1v) is 5.32. The number of halogens is 1. The van der Waals surface area contributed by atoms with E-state index in [1.54, 1.807) is 17.5 Å². The normalized spacial score (nSPS) is 10.2. The molecule has 0 amide bonds. The van der Waals surface area contributed by atoms with E-state index in [2.05, 4.69) is 15.9 Å². The molecule has 0 aliphatic heterocycles. The Labute approximate surface area is 87.3 Å². The first kappa shape index (κ1) is 8.72. The summed E-state index contributed by atoms with van der Waals surface area (Å²) >= 11 is 4.78. The zero-order valence-corrected chi connectivity index (χ0v) is 8.89. The quantitative estimate of drug-likeness (QED) is 0.772. The van der Waals surface area contributed by atoms with E-state index < -0.39 is 0 Å². The van der Waals surface area contributed by atoms with Gasteiger partial charge in [0.25, 0.3) is 0 Å². The second-order valence-corrected chi connectivity index (χ2v) is 4.04. The molecule has 2 heterocycles. The van der Waals surface area contributed by atoms with Crippen LogP contribution in [0.5, 0.6) is 0 Å². The molecule has 66 valence electrons. The highest BCUT2D eigenvalue weighted by atomic mass is 79.9. The number of thiophene rings is 1. The lowest BCUT2D eigenvalue weighted by molar-refractivity contribution is 0.101. The van der Waals surface area contributed by atoms with Crippen LogP contribution in [0.3, 0.4) is 0 Å². The van der Waals surface area contributed by atoms with Crippen molar-refractivity contribution in [3.05, 3.63) is 45.0 Å². The predicted molar refractivity (Wildman–Crippen MR) is 54.2 cm³/mol. The minimum atomic E-state index is -0.0851. The van der Waals surface area contributed by atoms with Crippen LogP contribution in [0.1, 0.15) is 16.1 Å². The standard InChI is InChI=1S/C9H5BrO2S/c10-7-5-13-4-6(7)9(11)8-2-1-3-12-8/h1-5H. The van der Waals surface area contributed by atoms with Crippen LogP contribution in [0.4, 0.5) is 0 Å². The summed E-state index contributed by atoms with van der Waals surface area (Å²) in [6.07, 6.45) is 1.49. The summed E-state index contributed by atoms with van der Waals surface area (Å²) in [6.45, 7) is 0. The summed E-state index contributed by atoms with van der Waals surface area (Å²) in [5, 5.41) is 3.67. The van der Waals surface area contributed by atoms with Crippen LogP contribution < -0.4 is 0 Å². The third kappa shape index (κ3) is 1.59. The molecule has 2 aromatic heterocycles. The molecule has 4 heteroatoms. The van der Waals surface area contributed by atoms with Crippen molar-refractivity contribution in [2.45, 2.75) is 0 Å². The molecule has 0 unspecified atom stereocenters. The Balaban J connectivity index is 2.39. The van der Waals surface area contributed by atoms with Gasteiger partial charge in [0, 0.05) is 15.2 Å². The molecule has 0 aliphatic rings. The molecular weight excluding hydrogens is 252 g/mol. The summed E-state index contributed by atoms with van der Waals surface area (Å²) in [4.78, 5) is 11.7. The summed E-state index contributed by atoms with van der Waals surface area (Å²) in [6, 6.07) is 3.36. The van der Waals surface area contributed by atoms with Crippen molar-refractivity contribution in [3.8, 4) is 0 Å². The number of carbonyl (C=O) groups is 1. The van der Waals surface area contributed by atoms with Crippen molar-refractivity contribution >= 4 is 33.0 Å². The molecule has 0 saturated carbocycles. The Hall–Kier alpha value is -0.870. The van der Waals surface area contributed by atoms with Crippen LogP contribution in [-0.2, 0) is 0 Å². The number of carbonyl (C=O) groups excluding carboxylic acids is 1. The van der Waals surface area contributed by atoms with Crippen LogP contribution >= 0.6 is 27.3 Å². The van der Waals surface area contributed by atoms with Gasteiger partial charge in [-0.3, -0.25) is 4.79 Å². The van der Waals surface area contributed by atoms with Gasteiger partial charge in [-0.15, -0.1) is 0 Å². The second-order valence-electron chi connectivity index (χ2n) is 2.44. The molecule has 0 atom stereocenters. The van der Waals surface area contributed by atoms with Gasteiger partial charge >= 0.3 is 0 Å². The van der Waals surface area contributed by atoms with Gasteiger partial charge in [-0.2, -0.15) is 11.3 Å². The van der Waals surface area contributed by atoms with Gasteiger partial charge in [-0.1, -0.05) is 0 Å². The average molecular weight is 257 g/mol. The van der Waals surface area contributed by atoms with Gasteiger partial charge in [0.15, 0.2) is 5.76 Å². The summed E-state index contributed by atoms with van der Waals surface area (Å²) < 4.78 is 5.83. The van der Waals surface area contributed by atoms with Crippen LogP contribution in [0.2, 0.25) is 0 Å². The first-order valence-electron chi connectivity index (χ1n) is 3.59. The van der Waals surface area contributed by atoms with E-state index in [4.69, 9.17) is 4.42 Å². The summed E-state index contributed by atoms with van der Waals surface area (Å²) in [5.74, 6) is 0.289. The van der Waals surface area contributed by atoms with Crippen LogP contribution in [0.15, 0.2) is 38.0 Å². The van der Waals surface area contributed by atoms with Gasteiger partial charge in [-0.05, 0) is 28.1 Å². The highest BCUT2D eigenvalue weighted by Crippen LogP contribution is 2.24. The van der Waals surface area contributed by atoms with Crippen molar-refractivity contribution in [2.24, 2.45) is 0 Å². The Morgan fingerprint density at radius 3 is 2.85 bits per heavy atom. The predicted octanol–water partition coefficient (Wildman–Crippen LogP) is 3.33. The highest BCUT2D eigenvalue weighted by Gasteiger charge is 2.15. The van der Waals surface area contributed by atoms with E-state index in [0.29, 0.717) is 11.3 Å². The molecular formula is C9H5BrO2S. The number of furan rings is 1. The van der Waals surface area contributed by atoms with Crippen molar-refractivity contribution in [1.82, 2.24) is 0 Å². The summed E-state index contributed by atoms with van der Waals surface area (Å²) in [5.41, 5.74) is 0.653. The fraction of sp³-hybridized carbons (Fsp3) is 0. The van der Waals surface area contributed by atoms with Gasteiger partial charge in [-0.25, -0.2) is 0 Å². The molecule has 2 aromatic rings. The zero-order chi connectivity index (χ0) is 9.26. The fourth-order valence-electron chi connectivity index (χ4n) is 0.984. The van der Waals surface area contributed by atoms with Gasteiger partial charge in [0.05, 0.1) is 11.8 Å². The third-order valence-electron chi connectivity index (χ3n) is 1.60. The monoisotopic (exact) mass is 256 g/mol. The molecule has 0 spiro atoms. The number of hydrogen-bond donors (Lipinski definition) is 0. The average Bonchev–Trinajstić information content (AvgIpc) is 2.72. The van der Waals surface area contributed by atoms with E-state index in [9.17, 15) is 4.79 Å². The third-order valence-corrected chi connectivity index (χ3v) is 3.31. The second kappa shape index (κ2) is 3.47. The van der Waals surface area contributed by atoms with Crippen LogP contribution in [0, 0.1) is 0 Å². The van der Waals surface area contributed by atoms with Crippen molar-refractivity contribution in [3.63, 3.8) is 0 Å². The SMILES string of the molecule is O=C(c1ccco1)c1cscc1Br. The first-order chi connectivity index (χ1) is 6.29. The zero-order valence-electron chi connectivity index (χ0n) is 6.49. The number of ketones is 1. The minimum absolute atomic E-state index is 0.0851. The van der Waals surface area contributed by atoms with Gasteiger partial charge in [0.2, 0.25) is 5.78 Å². The molecule has 0 fully saturated rings. The van der Waals surface area contributed by atoms with E-state index in [-0.39, 0.29) is 5.78 Å². The molecule has 0 bridgehead atoms. The van der Waals surface area contributed by atoms with Crippen LogP contribution in [-0.4, -0.2) is 5.78 Å². The number of hydrogen-bond acceptors (Lipinski definition) is 3. The Bertz CT molecular complexity index is 417. The Morgan fingerprint density at radius 2 is 2.31 bits per heavy atom.